The molecule has 3 rings (SSSR count). The molecule has 5 heteroatoms. The number of hydrogen-bond acceptors (Lipinski definition) is 3. The van der Waals surface area contributed by atoms with Gasteiger partial charge in [-0.15, -0.1) is 0 Å². The van der Waals surface area contributed by atoms with Gasteiger partial charge >= 0.3 is 0 Å². The summed E-state index contributed by atoms with van der Waals surface area (Å²) in [4.78, 5) is 13.8. The lowest BCUT2D eigenvalue weighted by atomic mass is 10.1. The molecule has 0 spiro atoms. The van der Waals surface area contributed by atoms with E-state index in [9.17, 15) is 9.90 Å². The van der Waals surface area contributed by atoms with Crippen molar-refractivity contribution in [3.8, 4) is 0 Å². The first-order valence-corrected chi connectivity index (χ1v) is 7.08. The van der Waals surface area contributed by atoms with Gasteiger partial charge in [-0.2, -0.15) is 0 Å². The molecule has 0 bridgehead atoms. The predicted molar refractivity (Wildman–Crippen MR) is 78.3 cm³/mol. The number of halogens is 1. The van der Waals surface area contributed by atoms with E-state index in [2.05, 4.69) is 39.1 Å². The Labute approximate surface area is 120 Å². The van der Waals surface area contributed by atoms with Crippen molar-refractivity contribution in [2.24, 2.45) is 0 Å². The first-order valence-electron chi connectivity index (χ1n) is 6.29. The van der Waals surface area contributed by atoms with Crippen LogP contribution in [0.15, 0.2) is 28.3 Å². The third kappa shape index (κ3) is 2.17. The minimum absolute atomic E-state index is 0.353. The number of nitrogens with zero attached hydrogens (tertiary/aromatic N) is 1. The van der Waals surface area contributed by atoms with Crippen LogP contribution in [-0.4, -0.2) is 24.1 Å². The normalized spacial score (nSPS) is 22.1. The van der Waals surface area contributed by atoms with Crippen molar-refractivity contribution in [3.63, 3.8) is 0 Å². The van der Waals surface area contributed by atoms with Gasteiger partial charge in [0, 0.05) is 28.8 Å². The van der Waals surface area contributed by atoms with Crippen molar-refractivity contribution in [1.82, 2.24) is 0 Å². The Hall–Kier alpha value is -1.33. The molecule has 0 aromatic heterocycles. The van der Waals surface area contributed by atoms with E-state index in [1.165, 1.54) is 5.57 Å². The molecular formula is C14H15BrN2O2. The molecule has 0 radical (unpaired) electrons. The number of fused-ring (bicyclic) bond motifs is 1. The van der Waals surface area contributed by atoms with Crippen LogP contribution in [0.1, 0.15) is 25.0 Å². The zero-order chi connectivity index (χ0) is 13.6. The average molecular weight is 323 g/mol. The molecule has 0 saturated carbocycles. The maximum Gasteiger partial charge on any atom is 0.257 e. The Morgan fingerprint density at radius 1 is 1.47 bits per heavy atom. The third-order valence-corrected chi connectivity index (χ3v) is 4.23. The molecule has 1 aromatic rings. The number of aliphatic hydroxyl groups is 1. The number of benzene rings is 1. The number of aliphatic hydroxyl groups excluding tert-OH is 1. The number of amides is 1. The van der Waals surface area contributed by atoms with Crippen LogP contribution in [-0.2, 0) is 4.79 Å². The molecule has 2 heterocycles. The van der Waals surface area contributed by atoms with Crippen LogP contribution in [0.5, 0.6) is 0 Å². The smallest absolute Gasteiger partial charge is 0.257 e. The summed E-state index contributed by atoms with van der Waals surface area (Å²) in [5.41, 5.74) is 3.76. The van der Waals surface area contributed by atoms with Gasteiger partial charge in [0.1, 0.15) is 0 Å². The van der Waals surface area contributed by atoms with Crippen molar-refractivity contribution < 1.29 is 9.90 Å². The van der Waals surface area contributed by atoms with Gasteiger partial charge in [0.2, 0.25) is 0 Å². The molecule has 1 unspecified atom stereocenters. The second-order valence-corrected chi connectivity index (χ2v) is 5.90. The van der Waals surface area contributed by atoms with E-state index in [0.717, 1.165) is 29.7 Å². The topological polar surface area (TPSA) is 52.6 Å². The number of nitrogens with one attached hydrogen (secondary N) is 1. The number of carbonyl (C=O) groups excluding carboxylic acids is 1. The van der Waals surface area contributed by atoms with Gasteiger partial charge in [0.15, 0.2) is 6.10 Å². The molecule has 19 heavy (non-hydrogen) atoms. The van der Waals surface area contributed by atoms with E-state index < -0.39 is 6.10 Å². The molecule has 2 aliphatic rings. The largest absolute Gasteiger partial charge is 0.378 e. The summed E-state index contributed by atoms with van der Waals surface area (Å²) in [6.45, 7) is 3.98. The molecule has 0 fully saturated rings. The molecule has 1 aromatic carbocycles. The van der Waals surface area contributed by atoms with Crippen molar-refractivity contribution in [1.29, 1.82) is 0 Å². The fourth-order valence-corrected chi connectivity index (χ4v) is 3.23. The van der Waals surface area contributed by atoms with Crippen LogP contribution in [0.4, 0.5) is 11.4 Å². The Bertz CT molecular complexity index is 583. The van der Waals surface area contributed by atoms with E-state index in [-0.39, 0.29) is 5.91 Å². The predicted octanol–water partition coefficient (Wildman–Crippen LogP) is 2.59. The maximum atomic E-state index is 11.5. The van der Waals surface area contributed by atoms with Gasteiger partial charge in [-0.05, 0) is 41.4 Å². The summed E-state index contributed by atoms with van der Waals surface area (Å²) in [5.74, 6) is -0.353. The fourth-order valence-electron chi connectivity index (χ4n) is 2.61. The second-order valence-electron chi connectivity index (χ2n) is 5.04. The minimum atomic E-state index is -1.05. The highest BCUT2D eigenvalue weighted by atomic mass is 79.9. The highest BCUT2D eigenvalue weighted by molar-refractivity contribution is 9.10. The van der Waals surface area contributed by atoms with Crippen LogP contribution in [0.3, 0.4) is 0 Å². The summed E-state index contributed by atoms with van der Waals surface area (Å²) >= 11 is 3.54. The van der Waals surface area contributed by atoms with Gasteiger partial charge in [-0.3, -0.25) is 4.79 Å². The lowest BCUT2D eigenvalue weighted by Gasteiger charge is -2.29. The zero-order valence-electron chi connectivity index (χ0n) is 10.6. The van der Waals surface area contributed by atoms with Gasteiger partial charge in [0.05, 0.1) is 5.69 Å². The van der Waals surface area contributed by atoms with Gasteiger partial charge in [-0.25, -0.2) is 0 Å². The molecule has 2 N–H and O–H groups in total. The van der Waals surface area contributed by atoms with Crippen LogP contribution in [0.25, 0.3) is 0 Å². The summed E-state index contributed by atoms with van der Waals surface area (Å²) < 4.78 is 0.913. The quantitative estimate of drug-likeness (QED) is 0.781. The Kier molecular flexibility index (Phi) is 3.11. The summed E-state index contributed by atoms with van der Waals surface area (Å²) in [5, 5.41) is 12.5. The maximum absolute atomic E-state index is 11.5. The molecule has 0 saturated heterocycles. The second kappa shape index (κ2) is 4.65. The molecule has 2 aliphatic heterocycles. The van der Waals surface area contributed by atoms with Crippen LogP contribution in [0.2, 0.25) is 0 Å². The first kappa shape index (κ1) is 12.7. The lowest BCUT2D eigenvalue weighted by molar-refractivity contribution is -0.123. The molecule has 4 nitrogen and oxygen atoms in total. The van der Waals surface area contributed by atoms with Crippen molar-refractivity contribution in [2.45, 2.75) is 19.4 Å². The summed E-state index contributed by atoms with van der Waals surface area (Å²) in [7, 11) is 0. The Morgan fingerprint density at radius 3 is 3.00 bits per heavy atom. The van der Waals surface area contributed by atoms with E-state index in [4.69, 9.17) is 0 Å². The standard InChI is InChI=1S/C14H15BrN2O2/c1-8-3-2-4-17(7-8)12-6-11-9(5-10(12)15)13(18)14(19)16-11/h3,5-6,13,18H,2,4,7H2,1H3,(H,16,19). The number of carbonyl (C=O) groups is 1. The molecule has 1 atom stereocenters. The zero-order valence-corrected chi connectivity index (χ0v) is 12.2. The minimum Gasteiger partial charge on any atom is -0.378 e. The van der Waals surface area contributed by atoms with Crippen LogP contribution < -0.4 is 10.2 Å². The highest BCUT2D eigenvalue weighted by Crippen LogP contribution is 2.39. The van der Waals surface area contributed by atoms with Gasteiger partial charge < -0.3 is 15.3 Å². The van der Waals surface area contributed by atoms with E-state index in [1.54, 1.807) is 0 Å². The van der Waals surface area contributed by atoms with Crippen molar-refractivity contribution >= 4 is 33.2 Å². The van der Waals surface area contributed by atoms with Crippen LogP contribution in [0, 0.1) is 0 Å². The average Bonchev–Trinajstić information content (AvgIpc) is 2.65. The van der Waals surface area contributed by atoms with E-state index in [0.29, 0.717) is 11.3 Å². The SMILES string of the molecule is CC1=CCCN(c2cc3c(cc2Br)C(O)C(=O)N3)C1. The van der Waals surface area contributed by atoms with Gasteiger partial charge in [-0.1, -0.05) is 11.6 Å². The first-order chi connectivity index (χ1) is 9.06. The molecule has 100 valence electrons. The molecule has 1 amide bonds. The van der Waals surface area contributed by atoms with Gasteiger partial charge in [0.25, 0.3) is 5.91 Å². The molecular weight excluding hydrogens is 308 g/mol. The monoisotopic (exact) mass is 322 g/mol. The number of hydrogen-bond donors (Lipinski definition) is 2. The van der Waals surface area contributed by atoms with E-state index >= 15 is 0 Å². The Morgan fingerprint density at radius 2 is 2.26 bits per heavy atom. The van der Waals surface area contributed by atoms with Crippen LogP contribution >= 0.6 is 15.9 Å². The Balaban J connectivity index is 1.98. The summed E-state index contributed by atoms with van der Waals surface area (Å²) in [6.07, 6.45) is 2.23. The lowest BCUT2D eigenvalue weighted by Crippen LogP contribution is -2.29. The fraction of sp³-hybridized carbons (Fsp3) is 0.357. The van der Waals surface area contributed by atoms with E-state index in [1.807, 2.05) is 12.1 Å². The number of anilines is 2. The molecule has 0 aliphatic carbocycles. The summed E-state index contributed by atoms with van der Waals surface area (Å²) in [6, 6.07) is 3.77. The highest BCUT2D eigenvalue weighted by Gasteiger charge is 2.30. The van der Waals surface area contributed by atoms with Crippen molar-refractivity contribution in [2.75, 3.05) is 23.3 Å². The number of rotatable bonds is 1. The third-order valence-electron chi connectivity index (χ3n) is 3.59. The van der Waals surface area contributed by atoms with Crippen molar-refractivity contribution in [3.05, 3.63) is 33.8 Å².